The maximum Gasteiger partial charge on any atom is 0.225 e. The van der Waals surface area contributed by atoms with Gasteiger partial charge >= 0.3 is 0 Å². The van der Waals surface area contributed by atoms with Gasteiger partial charge in [0.25, 0.3) is 0 Å². The number of hydrogen-bond donors (Lipinski definition) is 1. The first kappa shape index (κ1) is 25.5. The lowest BCUT2D eigenvalue weighted by Crippen LogP contribution is -2.31. The minimum Gasteiger partial charge on any atom is -0.381 e. The summed E-state index contributed by atoms with van der Waals surface area (Å²) in [5.41, 5.74) is 4.88. The number of benzene rings is 1. The van der Waals surface area contributed by atoms with Crippen LogP contribution in [0.5, 0.6) is 0 Å². The van der Waals surface area contributed by atoms with Crippen molar-refractivity contribution in [1.29, 1.82) is 0 Å². The first-order chi connectivity index (χ1) is 19.9. The lowest BCUT2D eigenvalue weighted by Gasteiger charge is -2.28. The summed E-state index contributed by atoms with van der Waals surface area (Å²) in [5, 5.41) is 20.0. The van der Waals surface area contributed by atoms with Gasteiger partial charge in [0.1, 0.15) is 17.7 Å². The van der Waals surface area contributed by atoms with Gasteiger partial charge in [0.05, 0.1) is 30.6 Å². The van der Waals surface area contributed by atoms with Crippen molar-refractivity contribution in [3.05, 3.63) is 96.4 Å². The quantitative estimate of drug-likeness (QED) is 0.326. The first-order valence-electron chi connectivity index (χ1n) is 13.6. The van der Waals surface area contributed by atoms with E-state index in [1.54, 1.807) is 37.8 Å². The highest BCUT2D eigenvalue weighted by Crippen LogP contribution is 2.31. The number of nitrogens with zero attached hydrogens (tertiary/aromatic N) is 8. The average molecular weight is 553 g/mol. The van der Waals surface area contributed by atoms with Gasteiger partial charge in [-0.1, -0.05) is 18.2 Å². The van der Waals surface area contributed by atoms with Crippen molar-refractivity contribution >= 4 is 17.0 Å². The summed E-state index contributed by atoms with van der Waals surface area (Å²) in [6, 6.07) is 7.91. The van der Waals surface area contributed by atoms with Gasteiger partial charge in [-0.05, 0) is 42.7 Å². The zero-order chi connectivity index (χ0) is 28.0. The maximum absolute atomic E-state index is 13.3. The molecule has 7 rings (SSSR count). The Morgan fingerprint density at radius 3 is 2.51 bits per heavy atom. The van der Waals surface area contributed by atoms with Crippen LogP contribution in [0.2, 0.25) is 0 Å². The lowest BCUT2D eigenvalue weighted by molar-refractivity contribution is -0.0408. The molecule has 11 heteroatoms. The van der Waals surface area contributed by atoms with E-state index in [2.05, 4.69) is 48.4 Å². The molecule has 0 amide bonds. The van der Waals surface area contributed by atoms with E-state index in [0.29, 0.717) is 29.5 Å². The lowest BCUT2D eigenvalue weighted by atomic mass is 9.90. The van der Waals surface area contributed by atoms with Crippen molar-refractivity contribution in [2.24, 2.45) is 5.92 Å². The fraction of sp³-hybridized carbons (Fsp3) is 0.300. The molecule has 2 aliphatic heterocycles. The van der Waals surface area contributed by atoms with Gasteiger partial charge in [0, 0.05) is 67.0 Å². The Hall–Kier alpha value is -4.48. The van der Waals surface area contributed by atoms with Crippen molar-refractivity contribution in [3.8, 4) is 11.1 Å². The van der Waals surface area contributed by atoms with Crippen LogP contribution in [0.15, 0.2) is 73.7 Å². The third kappa shape index (κ3) is 4.87. The van der Waals surface area contributed by atoms with Crippen LogP contribution in [0.4, 0.5) is 10.3 Å². The van der Waals surface area contributed by atoms with Crippen LogP contribution in [-0.2, 0) is 16.9 Å². The molecule has 0 bridgehead atoms. The van der Waals surface area contributed by atoms with Crippen LogP contribution < -0.4 is 4.90 Å². The minimum absolute atomic E-state index is 0.350. The molecule has 0 spiro atoms. The Bertz CT molecular complexity index is 1720. The minimum atomic E-state index is -1.33. The first-order valence-corrected chi connectivity index (χ1v) is 13.6. The van der Waals surface area contributed by atoms with Gasteiger partial charge in [-0.3, -0.25) is 4.68 Å². The zero-order valence-corrected chi connectivity index (χ0v) is 22.6. The predicted molar refractivity (Wildman–Crippen MR) is 150 cm³/mol. The third-order valence-corrected chi connectivity index (χ3v) is 7.93. The van der Waals surface area contributed by atoms with Crippen LogP contribution in [0.1, 0.15) is 30.2 Å². The zero-order valence-electron chi connectivity index (χ0n) is 22.6. The molecule has 0 unspecified atom stereocenters. The molecule has 41 heavy (non-hydrogen) atoms. The molecular formula is C30H29FN8O2. The van der Waals surface area contributed by atoms with E-state index in [4.69, 9.17) is 4.74 Å². The van der Waals surface area contributed by atoms with Crippen LogP contribution in [0, 0.1) is 11.7 Å². The van der Waals surface area contributed by atoms with Crippen LogP contribution in [0.25, 0.3) is 22.2 Å². The molecular weight excluding hydrogens is 523 g/mol. The molecule has 1 aromatic carbocycles. The van der Waals surface area contributed by atoms with Crippen LogP contribution >= 0.6 is 0 Å². The Kier molecular flexibility index (Phi) is 6.32. The summed E-state index contributed by atoms with van der Waals surface area (Å²) in [7, 11) is 0. The number of rotatable bonds is 7. The van der Waals surface area contributed by atoms with Gasteiger partial charge in [0.2, 0.25) is 5.95 Å². The predicted octanol–water partition coefficient (Wildman–Crippen LogP) is 3.72. The summed E-state index contributed by atoms with van der Waals surface area (Å²) in [6.07, 6.45) is 13.8. The van der Waals surface area contributed by atoms with Gasteiger partial charge in [-0.25, -0.2) is 23.9 Å². The molecule has 0 saturated carbocycles. The number of aromatic nitrogens is 7. The number of hydrogen-bond acceptors (Lipinski definition) is 8. The molecule has 0 radical (unpaired) electrons. The number of halogens is 1. The van der Waals surface area contributed by atoms with Gasteiger partial charge in [-0.15, -0.1) is 0 Å². The molecule has 0 aliphatic carbocycles. The average Bonchev–Trinajstić information content (AvgIpc) is 3.63. The highest BCUT2D eigenvalue weighted by Gasteiger charge is 2.27. The molecule has 1 atom stereocenters. The number of fused-ring (bicyclic) bond motifs is 1. The molecule has 1 N–H and O–H groups in total. The molecule has 208 valence electrons. The second-order valence-corrected chi connectivity index (χ2v) is 10.8. The summed E-state index contributed by atoms with van der Waals surface area (Å²) in [6.45, 7) is 5.47. The Morgan fingerprint density at radius 1 is 1.00 bits per heavy atom. The topological polar surface area (TPSA) is 106 Å². The summed E-state index contributed by atoms with van der Waals surface area (Å²) in [4.78, 5) is 15.8. The SMILES string of the molecule is C[C@](O)(c1ccc(F)cc1)c1cnc(N2CC=C(c3ncnn4cc(-c5cnn(CC6COC6)c5)cc34)CC2)nc1. The third-order valence-electron chi connectivity index (χ3n) is 7.93. The highest BCUT2D eigenvalue weighted by atomic mass is 19.1. The standard InChI is InChI=1S/C30H29FN8O2/c1-30(40,24-2-4-26(31)5-3-24)25-12-32-29(33-13-25)37-8-6-21(7-9-37)28-27-10-22(16-39(27)36-19-34-28)23-11-35-38(15-23)14-20-17-41-18-20/h2-6,10-13,15-16,19-20,40H,7-9,14,17-18H2,1H3/t30-/m0/s1. The van der Waals surface area contributed by atoms with Crippen LogP contribution in [-0.4, -0.2) is 65.8 Å². The second-order valence-electron chi connectivity index (χ2n) is 10.8. The van der Waals surface area contributed by atoms with Crippen LogP contribution in [0.3, 0.4) is 0 Å². The van der Waals surface area contributed by atoms with E-state index in [1.165, 1.54) is 12.1 Å². The van der Waals surface area contributed by atoms with Crippen molar-refractivity contribution in [3.63, 3.8) is 0 Å². The smallest absolute Gasteiger partial charge is 0.225 e. The molecule has 6 heterocycles. The Balaban J connectivity index is 1.07. The summed E-state index contributed by atoms with van der Waals surface area (Å²) >= 11 is 0. The van der Waals surface area contributed by atoms with E-state index >= 15 is 0 Å². The van der Waals surface area contributed by atoms with Crippen molar-refractivity contribution in [1.82, 2.24) is 34.3 Å². The number of aliphatic hydroxyl groups is 1. The van der Waals surface area contributed by atoms with Gasteiger partial charge in [0.15, 0.2) is 0 Å². The Labute approximate surface area is 235 Å². The molecule has 1 fully saturated rings. The molecule has 10 nitrogen and oxygen atoms in total. The van der Waals surface area contributed by atoms with E-state index in [0.717, 1.165) is 60.6 Å². The normalized spacial score (nSPS) is 17.3. The summed E-state index contributed by atoms with van der Waals surface area (Å²) < 4.78 is 22.5. The fourth-order valence-electron chi connectivity index (χ4n) is 5.34. The number of anilines is 1. The fourth-order valence-corrected chi connectivity index (χ4v) is 5.34. The molecule has 2 aliphatic rings. The van der Waals surface area contributed by atoms with Crippen molar-refractivity contribution in [2.45, 2.75) is 25.5 Å². The largest absolute Gasteiger partial charge is 0.381 e. The molecule has 5 aromatic rings. The summed E-state index contributed by atoms with van der Waals surface area (Å²) in [5.74, 6) is 0.768. The Morgan fingerprint density at radius 2 is 1.80 bits per heavy atom. The molecule has 1 saturated heterocycles. The van der Waals surface area contributed by atoms with Crippen molar-refractivity contribution in [2.75, 3.05) is 31.2 Å². The second kappa shape index (κ2) is 10.2. The number of ether oxygens (including phenoxy) is 1. The van der Waals surface area contributed by atoms with Gasteiger partial charge < -0.3 is 14.7 Å². The maximum atomic E-state index is 13.3. The van der Waals surface area contributed by atoms with E-state index in [1.807, 2.05) is 21.6 Å². The van der Waals surface area contributed by atoms with E-state index in [-0.39, 0.29) is 5.82 Å². The molecule has 4 aromatic heterocycles. The van der Waals surface area contributed by atoms with Crippen molar-refractivity contribution < 1.29 is 14.2 Å². The highest BCUT2D eigenvalue weighted by molar-refractivity contribution is 5.80. The van der Waals surface area contributed by atoms with E-state index in [9.17, 15) is 9.50 Å². The van der Waals surface area contributed by atoms with E-state index < -0.39 is 5.60 Å². The monoisotopic (exact) mass is 552 g/mol. The van der Waals surface area contributed by atoms with Gasteiger partial charge in [-0.2, -0.15) is 10.2 Å².